The van der Waals surface area contributed by atoms with E-state index in [1.807, 2.05) is 24.3 Å². The van der Waals surface area contributed by atoms with Crippen molar-refractivity contribution in [2.75, 3.05) is 32.2 Å². The largest absolute Gasteiger partial charge is 0.494 e. The number of ether oxygens (including phenoxy) is 3. The van der Waals surface area contributed by atoms with E-state index in [4.69, 9.17) is 19.9 Å². The molecule has 1 unspecified atom stereocenters. The lowest BCUT2D eigenvalue weighted by atomic mass is 10.1. The van der Waals surface area contributed by atoms with E-state index in [0.29, 0.717) is 19.3 Å². The standard InChI is InChI=1S/C15H23NO3/c16-13-5-7-14(8-6-13)18-11-3-9-17-12-15-4-1-2-10-19-15/h5-8,15H,1-4,9-12,16H2. The summed E-state index contributed by atoms with van der Waals surface area (Å²) in [6.07, 6.45) is 4.76. The van der Waals surface area contributed by atoms with Crippen molar-refractivity contribution >= 4 is 5.69 Å². The van der Waals surface area contributed by atoms with Crippen molar-refractivity contribution in [2.24, 2.45) is 0 Å². The molecule has 1 heterocycles. The van der Waals surface area contributed by atoms with Crippen LogP contribution in [0.4, 0.5) is 5.69 Å². The Morgan fingerprint density at radius 3 is 2.74 bits per heavy atom. The van der Waals surface area contributed by atoms with Gasteiger partial charge in [-0.1, -0.05) is 0 Å². The average Bonchev–Trinajstić information content (AvgIpc) is 2.46. The number of benzene rings is 1. The van der Waals surface area contributed by atoms with Gasteiger partial charge in [-0.25, -0.2) is 0 Å². The van der Waals surface area contributed by atoms with Gasteiger partial charge in [0.15, 0.2) is 0 Å². The lowest BCUT2D eigenvalue weighted by molar-refractivity contribution is -0.0419. The molecule has 0 bridgehead atoms. The molecule has 0 aliphatic carbocycles. The van der Waals surface area contributed by atoms with Gasteiger partial charge in [-0.15, -0.1) is 0 Å². The van der Waals surface area contributed by atoms with Crippen LogP contribution < -0.4 is 10.5 Å². The molecule has 19 heavy (non-hydrogen) atoms. The van der Waals surface area contributed by atoms with E-state index in [1.165, 1.54) is 12.8 Å². The van der Waals surface area contributed by atoms with Gasteiger partial charge in [0, 0.05) is 25.3 Å². The monoisotopic (exact) mass is 265 g/mol. The molecule has 4 nitrogen and oxygen atoms in total. The Bertz CT molecular complexity index is 347. The first kappa shape index (κ1) is 14.2. The zero-order valence-corrected chi connectivity index (χ0v) is 11.3. The number of rotatable bonds is 7. The van der Waals surface area contributed by atoms with Crippen molar-refractivity contribution in [1.82, 2.24) is 0 Å². The van der Waals surface area contributed by atoms with Crippen LogP contribution in [0.5, 0.6) is 5.75 Å². The van der Waals surface area contributed by atoms with Gasteiger partial charge in [0.25, 0.3) is 0 Å². The minimum atomic E-state index is 0.298. The minimum Gasteiger partial charge on any atom is -0.494 e. The summed E-state index contributed by atoms with van der Waals surface area (Å²) in [5.41, 5.74) is 6.36. The molecular weight excluding hydrogens is 242 g/mol. The van der Waals surface area contributed by atoms with E-state index in [9.17, 15) is 0 Å². The Balaban J connectivity index is 1.49. The Kier molecular flexibility index (Phi) is 5.98. The molecule has 106 valence electrons. The Morgan fingerprint density at radius 2 is 2.00 bits per heavy atom. The first-order valence-corrected chi connectivity index (χ1v) is 7.02. The maximum absolute atomic E-state index is 5.61. The fourth-order valence-corrected chi connectivity index (χ4v) is 2.07. The molecule has 1 saturated heterocycles. The van der Waals surface area contributed by atoms with Crippen LogP contribution in [-0.4, -0.2) is 32.5 Å². The second-order valence-corrected chi connectivity index (χ2v) is 4.83. The maximum Gasteiger partial charge on any atom is 0.119 e. The summed E-state index contributed by atoms with van der Waals surface area (Å²) in [7, 11) is 0. The van der Waals surface area contributed by atoms with E-state index in [-0.39, 0.29) is 0 Å². The summed E-state index contributed by atoms with van der Waals surface area (Å²) in [4.78, 5) is 0. The van der Waals surface area contributed by atoms with Crippen molar-refractivity contribution in [2.45, 2.75) is 31.8 Å². The van der Waals surface area contributed by atoms with Gasteiger partial charge in [-0.05, 0) is 43.5 Å². The molecule has 0 radical (unpaired) electrons. The molecule has 1 atom stereocenters. The average molecular weight is 265 g/mol. The van der Waals surface area contributed by atoms with Gasteiger partial charge in [-0.2, -0.15) is 0 Å². The Hall–Kier alpha value is -1.26. The third-order valence-electron chi connectivity index (χ3n) is 3.16. The zero-order valence-electron chi connectivity index (χ0n) is 11.3. The second-order valence-electron chi connectivity index (χ2n) is 4.83. The lowest BCUT2D eigenvalue weighted by Crippen LogP contribution is -2.24. The summed E-state index contributed by atoms with van der Waals surface area (Å²) < 4.78 is 16.8. The summed E-state index contributed by atoms with van der Waals surface area (Å²) in [6, 6.07) is 7.44. The number of hydrogen-bond donors (Lipinski definition) is 1. The smallest absolute Gasteiger partial charge is 0.119 e. The number of hydrogen-bond acceptors (Lipinski definition) is 4. The maximum atomic E-state index is 5.61. The third kappa shape index (κ3) is 5.49. The van der Waals surface area contributed by atoms with Crippen molar-refractivity contribution in [1.29, 1.82) is 0 Å². The van der Waals surface area contributed by atoms with Gasteiger partial charge >= 0.3 is 0 Å². The first-order valence-electron chi connectivity index (χ1n) is 7.02. The van der Waals surface area contributed by atoms with Crippen LogP contribution in [0.1, 0.15) is 25.7 Å². The molecule has 1 aromatic carbocycles. The predicted octanol–water partition coefficient (Wildman–Crippen LogP) is 2.62. The van der Waals surface area contributed by atoms with E-state index < -0.39 is 0 Å². The molecule has 0 aromatic heterocycles. The van der Waals surface area contributed by atoms with Crippen LogP contribution in [0.3, 0.4) is 0 Å². The van der Waals surface area contributed by atoms with Crippen LogP contribution in [0, 0.1) is 0 Å². The number of nitrogen functional groups attached to an aromatic ring is 1. The van der Waals surface area contributed by atoms with Crippen LogP contribution in [0.2, 0.25) is 0 Å². The van der Waals surface area contributed by atoms with E-state index in [1.54, 1.807) is 0 Å². The van der Waals surface area contributed by atoms with E-state index >= 15 is 0 Å². The van der Waals surface area contributed by atoms with Gasteiger partial charge < -0.3 is 19.9 Å². The highest BCUT2D eigenvalue weighted by atomic mass is 16.5. The molecule has 2 N–H and O–H groups in total. The molecule has 2 rings (SSSR count). The fourth-order valence-electron chi connectivity index (χ4n) is 2.07. The molecule has 0 saturated carbocycles. The van der Waals surface area contributed by atoms with Crippen LogP contribution in [0.25, 0.3) is 0 Å². The zero-order chi connectivity index (χ0) is 13.3. The molecular formula is C15H23NO3. The van der Waals surface area contributed by atoms with Crippen LogP contribution >= 0.6 is 0 Å². The van der Waals surface area contributed by atoms with Crippen molar-refractivity contribution in [3.05, 3.63) is 24.3 Å². The molecule has 0 amide bonds. The normalized spacial score (nSPS) is 19.3. The molecule has 1 aromatic rings. The van der Waals surface area contributed by atoms with Crippen molar-refractivity contribution in [3.63, 3.8) is 0 Å². The van der Waals surface area contributed by atoms with Crippen molar-refractivity contribution < 1.29 is 14.2 Å². The van der Waals surface area contributed by atoms with Crippen molar-refractivity contribution in [3.8, 4) is 5.75 Å². The summed E-state index contributed by atoms with van der Waals surface area (Å²) in [6.45, 7) is 2.97. The van der Waals surface area contributed by atoms with Gasteiger partial charge in [0.05, 0.1) is 19.3 Å². The van der Waals surface area contributed by atoms with Gasteiger partial charge in [0.2, 0.25) is 0 Å². The second kappa shape index (κ2) is 8.02. The molecule has 1 aliphatic rings. The van der Waals surface area contributed by atoms with Crippen LogP contribution in [-0.2, 0) is 9.47 Å². The van der Waals surface area contributed by atoms with Gasteiger partial charge in [-0.3, -0.25) is 0 Å². The number of anilines is 1. The predicted molar refractivity (Wildman–Crippen MR) is 75.4 cm³/mol. The Morgan fingerprint density at radius 1 is 1.16 bits per heavy atom. The van der Waals surface area contributed by atoms with E-state index in [0.717, 1.165) is 37.5 Å². The summed E-state index contributed by atoms with van der Waals surface area (Å²) in [5.74, 6) is 0.852. The minimum absolute atomic E-state index is 0.298. The molecule has 0 spiro atoms. The SMILES string of the molecule is Nc1ccc(OCCCOCC2CCCCO2)cc1. The molecule has 1 aliphatic heterocycles. The highest BCUT2D eigenvalue weighted by molar-refractivity contribution is 5.41. The highest BCUT2D eigenvalue weighted by Gasteiger charge is 2.13. The quantitative estimate of drug-likeness (QED) is 0.608. The third-order valence-corrected chi connectivity index (χ3v) is 3.16. The highest BCUT2D eigenvalue weighted by Crippen LogP contribution is 2.14. The van der Waals surface area contributed by atoms with Crippen LogP contribution in [0.15, 0.2) is 24.3 Å². The lowest BCUT2D eigenvalue weighted by Gasteiger charge is -2.22. The summed E-state index contributed by atoms with van der Waals surface area (Å²) >= 11 is 0. The first-order chi connectivity index (χ1) is 9.34. The van der Waals surface area contributed by atoms with Gasteiger partial charge in [0.1, 0.15) is 5.75 Å². The Labute approximate surface area is 114 Å². The fraction of sp³-hybridized carbons (Fsp3) is 0.600. The summed E-state index contributed by atoms with van der Waals surface area (Å²) in [5, 5.41) is 0. The topological polar surface area (TPSA) is 53.7 Å². The number of nitrogens with two attached hydrogens (primary N) is 1. The van der Waals surface area contributed by atoms with E-state index in [2.05, 4.69) is 0 Å². The molecule has 1 fully saturated rings. The molecule has 4 heteroatoms.